The Balaban J connectivity index is 2.04. The maximum atomic E-state index is 11.0. The molecule has 0 saturated carbocycles. The Morgan fingerprint density at radius 2 is 1.56 bits per heavy atom. The van der Waals surface area contributed by atoms with Gasteiger partial charge in [-0.25, -0.2) is 0 Å². The quantitative estimate of drug-likeness (QED) is 0.373. The fraction of sp³-hybridized carbons (Fsp3) is 0.583. The van der Waals surface area contributed by atoms with E-state index in [9.17, 15) is 5.11 Å². The van der Waals surface area contributed by atoms with Crippen LogP contribution < -0.4 is 0 Å². The number of rotatable bonds is 13. The second-order valence-electron chi connectivity index (χ2n) is 7.65. The fourth-order valence-corrected chi connectivity index (χ4v) is 3.89. The third-order valence-corrected chi connectivity index (χ3v) is 5.56. The average molecular weight is 390 g/mol. The number of unbranched alkanes of at least 4 members (excludes halogenated alkanes) is 6. The Hall–Kier alpha value is -1.09. The summed E-state index contributed by atoms with van der Waals surface area (Å²) in [5, 5.41) is 13.9. The number of halogens is 1. The van der Waals surface area contributed by atoms with E-state index in [0.29, 0.717) is 6.54 Å². The summed E-state index contributed by atoms with van der Waals surface area (Å²) in [7, 11) is 0. The molecule has 0 aliphatic heterocycles. The Bertz CT molecular complexity index is 660. The van der Waals surface area contributed by atoms with E-state index in [4.69, 9.17) is 11.6 Å². The zero-order valence-electron chi connectivity index (χ0n) is 17.1. The van der Waals surface area contributed by atoms with Crippen molar-refractivity contribution in [2.45, 2.75) is 71.3 Å². The van der Waals surface area contributed by atoms with E-state index >= 15 is 0 Å². The van der Waals surface area contributed by atoms with E-state index in [-0.39, 0.29) is 0 Å². The average Bonchev–Trinajstić information content (AvgIpc) is 2.67. The van der Waals surface area contributed by atoms with Crippen molar-refractivity contribution in [2.75, 3.05) is 19.6 Å². The van der Waals surface area contributed by atoms with Gasteiger partial charge in [-0.3, -0.25) is 0 Å². The van der Waals surface area contributed by atoms with Crippen molar-refractivity contribution in [1.82, 2.24) is 4.90 Å². The molecule has 150 valence electrons. The molecular formula is C24H36ClNO. The van der Waals surface area contributed by atoms with E-state index in [1.165, 1.54) is 51.4 Å². The molecule has 0 aliphatic carbocycles. The Labute approximate surface area is 170 Å². The summed E-state index contributed by atoms with van der Waals surface area (Å²) in [5.41, 5.74) is 0.988. The number of aliphatic hydroxyl groups is 1. The van der Waals surface area contributed by atoms with Gasteiger partial charge in [0.05, 0.1) is 6.10 Å². The number of nitrogens with zero attached hydrogens (tertiary/aromatic N) is 1. The van der Waals surface area contributed by atoms with Gasteiger partial charge in [-0.1, -0.05) is 88.2 Å². The van der Waals surface area contributed by atoms with Crippen molar-refractivity contribution in [2.24, 2.45) is 0 Å². The molecule has 0 amide bonds. The summed E-state index contributed by atoms with van der Waals surface area (Å²) >= 11 is 6.21. The molecule has 1 N–H and O–H groups in total. The number of benzene rings is 2. The van der Waals surface area contributed by atoms with E-state index in [1.807, 2.05) is 30.3 Å². The summed E-state index contributed by atoms with van der Waals surface area (Å²) in [6, 6.07) is 12.1. The van der Waals surface area contributed by atoms with Crippen molar-refractivity contribution in [3.8, 4) is 0 Å². The lowest BCUT2D eigenvalue weighted by atomic mass is 10.00. The molecule has 0 aliphatic rings. The first-order valence-electron chi connectivity index (χ1n) is 10.7. The third kappa shape index (κ3) is 7.44. The van der Waals surface area contributed by atoms with Gasteiger partial charge >= 0.3 is 0 Å². The van der Waals surface area contributed by atoms with Gasteiger partial charge in [-0.15, -0.1) is 0 Å². The minimum Gasteiger partial charge on any atom is -0.387 e. The van der Waals surface area contributed by atoms with Gasteiger partial charge in [0.2, 0.25) is 0 Å². The van der Waals surface area contributed by atoms with Crippen LogP contribution in [-0.2, 0) is 0 Å². The molecule has 3 heteroatoms. The molecule has 0 heterocycles. The van der Waals surface area contributed by atoms with Crippen LogP contribution in [0.3, 0.4) is 0 Å². The zero-order chi connectivity index (χ0) is 19.5. The second-order valence-corrected chi connectivity index (χ2v) is 8.09. The molecule has 27 heavy (non-hydrogen) atoms. The highest BCUT2D eigenvalue weighted by Gasteiger charge is 2.16. The van der Waals surface area contributed by atoms with E-state index in [0.717, 1.165) is 34.4 Å². The monoisotopic (exact) mass is 389 g/mol. The molecule has 2 aromatic rings. The van der Waals surface area contributed by atoms with Crippen LogP contribution in [0.15, 0.2) is 36.4 Å². The van der Waals surface area contributed by atoms with E-state index in [1.54, 1.807) is 0 Å². The van der Waals surface area contributed by atoms with Crippen LogP contribution in [0.2, 0.25) is 5.02 Å². The van der Waals surface area contributed by atoms with Gasteiger partial charge in [0.1, 0.15) is 0 Å². The Morgan fingerprint density at radius 3 is 2.19 bits per heavy atom. The van der Waals surface area contributed by atoms with Gasteiger partial charge in [0.25, 0.3) is 0 Å². The van der Waals surface area contributed by atoms with E-state index < -0.39 is 6.10 Å². The Kier molecular flexibility index (Phi) is 10.2. The highest BCUT2D eigenvalue weighted by molar-refractivity contribution is 6.31. The van der Waals surface area contributed by atoms with Crippen LogP contribution in [0.1, 0.15) is 76.9 Å². The minimum atomic E-state index is -0.482. The minimum absolute atomic E-state index is 0.482. The van der Waals surface area contributed by atoms with Gasteiger partial charge in [-0.05, 0) is 54.4 Å². The van der Waals surface area contributed by atoms with Crippen LogP contribution in [0.5, 0.6) is 0 Å². The van der Waals surface area contributed by atoms with Gasteiger partial charge < -0.3 is 10.0 Å². The molecule has 0 fully saturated rings. The predicted molar refractivity (Wildman–Crippen MR) is 119 cm³/mol. The third-order valence-electron chi connectivity index (χ3n) is 5.32. The molecular weight excluding hydrogens is 354 g/mol. The highest BCUT2D eigenvalue weighted by Crippen LogP contribution is 2.27. The second kappa shape index (κ2) is 12.4. The first-order valence-corrected chi connectivity index (χ1v) is 11.1. The first kappa shape index (κ1) is 22.2. The van der Waals surface area contributed by atoms with E-state index in [2.05, 4.69) is 24.8 Å². The lowest BCUT2D eigenvalue weighted by Gasteiger charge is -2.26. The van der Waals surface area contributed by atoms with Gasteiger partial charge in [0.15, 0.2) is 0 Å². The standard InChI is InChI=1S/C24H36ClNO/c1-3-5-7-9-16-26(17-10-8-6-4-2)19-24(27)22-13-11-12-20-14-15-21(25)18-23(20)22/h11-15,18,24,27H,3-10,16-17,19H2,1-2H3/t24-/m1/s1. The van der Waals surface area contributed by atoms with Crippen molar-refractivity contribution >= 4 is 22.4 Å². The number of hydrogen-bond acceptors (Lipinski definition) is 2. The number of hydrogen-bond donors (Lipinski definition) is 1. The summed E-state index contributed by atoms with van der Waals surface area (Å²) in [6.45, 7) is 7.35. The van der Waals surface area contributed by atoms with Gasteiger partial charge in [-0.2, -0.15) is 0 Å². The molecule has 1 atom stereocenters. The molecule has 0 radical (unpaired) electrons. The lowest BCUT2D eigenvalue weighted by molar-refractivity contribution is 0.111. The first-order chi connectivity index (χ1) is 13.2. The maximum absolute atomic E-state index is 11.0. The molecule has 0 aromatic heterocycles. The lowest BCUT2D eigenvalue weighted by Crippen LogP contribution is -2.31. The molecule has 2 aromatic carbocycles. The van der Waals surface area contributed by atoms with Gasteiger partial charge in [0, 0.05) is 11.6 Å². The SMILES string of the molecule is CCCCCCN(CCCCCC)C[C@@H](O)c1cccc2ccc(Cl)cc12. The summed E-state index contributed by atoms with van der Waals surface area (Å²) in [4.78, 5) is 2.46. The topological polar surface area (TPSA) is 23.5 Å². The van der Waals surface area contributed by atoms with Crippen LogP contribution in [0, 0.1) is 0 Å². The van der Waals surface area contributed by atoms with Crippen LogP contribution in [0.25, 0.3) is 10.8 Å². The number of aliphatic hydroxyl groups excluding tert-OH is 1. The number of fused-ring (bicyclic) bond motifs is 1. The zero-order valence-corrected chi connectivity index (χ0v) is 17.8. The fourth-order valence-electron chi connectivity index (χ4n) is 3.72. The van der Waals surface area contributed by atoms with Crippen molar-refractivity contribution in [3.63, 3.8) is 0 Å². The van der Waals surface area contributed by atoms with Crippen LogP contribution in [-0.4, -0.2) is 29.6 Å². The molecule has 0 spiro atoms. The summed E-state index contributed by atoms with van der Waals surface area (Å²) in [5.74, 6) is 0. The largest absolute Gasteiger partial charge is 0.387 e. The molecule has 0 saturated heterocycles. The Morgan fingerprint density at radius 1 is 0.889 bits per heavy atom. The van der Waals surface area contributed by atoms with Crippen molar-refractivity contribution in [1.29, 1.82) is 0 Å². The molecule has 2 rings (SSSR count). The van der Waals surface area contributed by atoms with Crippen LogP contribution >= 0.6 is 11.6 Å². The molecule has 0 bridgehead atoms. The predicted octanol–water partition coefficient (Wildman–Crippen LogP) is 6.99. The van der Waals surface area contributed by atoms with Crippen molar-refractivity contribution in [3.05, 3.63) is 47.0 Å². The maximum Gasteiger partial charge on any atom is 0.0922 e. The molecule has 2 nitrogen and oxygen atoms in total. The van der Waals surface area contributed by atoms with Crippen LogP contribution in [0.4, 0.5) is 0 Å². The van der Waals surface area contributed by atoms with Crippen molar-refractivity contribution < 1.29 is 5.11 Å². The normalized spacial score (nSPS) is 12.8. The summed E-state index contributed by atoms with van der Waals surface area (Å²) < 4.78 is 0. The molecule has 0 unspecified atom stereocenters. The highest BCUT2D eigenvalue weighted by atomic mass is 35.5. The summed E-state index contributed by atoms with van der Waals surface area (Å²) in [6.07, 6.45) is 9.63. The smallest absolute Gasteiger partial charge is 0.0922 e.